The molecule has 0 spiro atoms. The van der Waals surface area contributed by atoms with Gasteiger partial charge in [-0.3, -0.25) is 4.79 Å². The molecule has 168 valence electrons. The van der Waals surface area contributed by atoms with Gasteiger partial charge in [-0.1, -0.05) is 36.4 Å². The van der Waals surface area contributed by atoms with Crippen LogP contribution in [0.15, 0.2) is 58.2 Å². The molecule has 1 amide bonds. The van der Waals surface area contributed by atoms with Crippen LogP contribution >= 0.6 is 11.8 Å². The van der Waals surface area contributed by atoms with Gasteiger partial charge in [0.05, 0.1) is 11.5 Å². The minimum Gasteiger partial charge on any atom is -0.416 e. The highest BCUT2D eigenvalue weighted by molar-refractivity contribution is 8.00. The number of hydrogen-bond donors (Lipinski definition) is 1. The standard InChI is InChI=1S/C23H25N3O4S2/c1-15-10-16(2)12-19(11-15)24-22(27)21(18-6-4-3-5-7-18)31-23-26-25-20(30-23)13-17-8-9-32(28,29)14-17/h3-7,10-12,17,21H,8-9,13-14H2,1-2H3,(H,24,27)/t17-,21-/m0/s1. The molecule has 2 heterocycles. The van der Waals surface area contributed by atoms with Crippen molar-refractivity contribution < 1.29 is 17.6 Å². The first-order chi connectivity index (χ1) is 15.3. The number of nitrogens with zero attached hydrogens (tertiary/aromatic N) is 2. The quantitative estimate of drug-likeness (QED) is 0.517. The van der Waals surface area contributed by atoms with Crippen LogP contribution in [-0.2, 0) is 21.1 Å². The number of sulfone groups is 1. The van der Waals surface area contributed by atoms with Crippen LogP contribution in [0, 0.1) is 19.8 Å². The molecule has 1 aliphatic rings. The summed E-state index contributed by atoms with van der Waals surface area (Å²) in [5.74, 6) is 0.574. The second-order valence-corrected chi connectivity index (χ2v) is 11.5. The predicted molar refractivity (Wildman–Crippen MR) is 124 cm³/mol. The van der Waals surface area contributed by atoms with Gasteiger partial charge in [0, 0.05) is 12.1 Å². The third-order valence-corrected chi connectivity index (χ3v) is 8.21. The molecule has 1 aliphatic heterocycles. The summed E-state index contributed by atoms with van der Waals surface area (Å²) in [7, 11) is -2.96. The van der Waals surface area contributed by atoms with Crippen molar-refractivity contribution in [3.63, 3.8) is 0 Å². The molecule has 1 fully saturated rings. The second-order valence-electron chi connectivity index (χ2n) is 8.21. The molecule has 0 bridgehead atoms. The van der Waals surface area contributed by atoms with E-state index < -0.39 is 15.1 Å². The van der Waals surface area contributed by atoms with Gasteiger partial charge in [0.15, 0.2) is 9.84 Å². The minimum atomic E-state index is -2.96. The molecule has 0 aliphatic carbocycles. The SMILES string of the molecule is Cc1cc(C)cc(NC(=O)[C@@H](Sc2nnc(C[C@@H]3CCS(=O)(=O)C3)o2)c2ccccc2)c1. The Balaban J connectivity index is 1.50. The van der Waals surface area contributed by atoms with Crippen molar-refractivity contribution in [1.82, 2.24) is 10.2 Å². The third-order valence-electron chi connectivity index (χ3n) is 5.29. The largest absolute Gasteiger partial charge is 0.416 e. The Morgan fingerprint density at radius 1 is 1.16 bits per heavy atom. The molecule has 9 heteroatoms. The smallest absolute Gasteiger partial charge is 0.277 e. The number of aromatic nitrogens is 2. The Labute approximate surface area is 191 Å². The van der Waals surface area contributed by atoms with E-state index in [0.717, 1.165) is 22.4 Å². The van der Waals surface area contributed by atoms with E-state index in [1.165, 1.54) is 11.8 Å². The van der Waals surface area contributed by atoms with Crippen LogP contribution in [0.2, 0.25) is 0 Å². The second kappa shape index (κ2) is 9.46. The zero-order valence-corrected chi connectivity index (χ0v) is 19.6. The summed E-state index contributed by atoms with van der Waals surface area (Å²) < 4.78 is 29.2. The highest BCUT2D eigenvalue weighted by Crippen LogP contribution is 2.36. The van der Waals surface area contributed by atoms with Crippen LogP contribution in [0.5, 0.6) is 0 Å². The summed E-state index contributed by atoms with van der Waals surface area (Å²) in [5, 5.41) is 10.9. The summed E-state index contributed by atoms with van der Waals surface area (Å²) in [6, 6.07) is 15.3. The Hall–Kier alpha value is -2.65. The molecule has 7 nitrogen and oxygen atoms in total. The van der Waals surface area contributed by atoms with Gasteiger partial charge in [-0.25, -0.2) is 8.42 Å². The van der Waals surface area contributed by atoms with E-state index in [-0.39, 0.29) is 28.6 Å². The Morgan fingerprint density at radius 3 is 2.53 bits per heavy atom. The summed E-state index contributed by atoms with van der Waals surface area (Å²) in [6.45, 7) is 3.98. The van der Waals surface area contributed by atoms with Crippen molar-refractivity contribution in [2.24, 2.45) is 5.92 Å². The van der Waals surface area contributed by atoms with Crippen LogP contribution in [0.1, 0.15) is 34.3 Å². The number of carbonyl (C=O) groups is 1. The number of carbonyl (C=O) groups excluding carboxylic acids is 1. The maximum atomic E-state index is 13.2. The average Bonchev–Trinajstić information content (AvgIpc) is 3.31. The lowest BCUT2D eigenvalue weighted by Crippen LogP contribution is -2.19. The molecule has 32 heavy (non-hydrogen) atoms. The van der Waals surface area contributed by atoms with E-state index in [4.69, 9.17) is 4.42 Å². The molecule has 2 aromatic carbocycles. The maximum absolute atomic E-state index is 13.2. The molecule has 0 saturated carbocycles. The van der Waals surface area contributed by atoms with Gasteiger partial charge in [-0.15, -0.1) is 10.2 Å². The summed E-state index contributed by atoms with van der Waals surface area (Å²) in [6.07, 6.45) is 1.04. The van der Waals surface area contributed by atoms with E-state index in [0.29, 0.717) is 18.7 Å². The Kier molecular flexibility index (Phi) is 6.66. The number of hydrogen-bond acceptors (Lipinski definition) is 7. The number of thioether (sulfide) groups is 1. The lowest BCUT2D eigenvalue weighted by molar-refractivity contribution is -0.115. The molecule has 1 N–H and O–H groups in total. The van der Waals surface area contributed by atoms with E-state index in [1.54, 1.807) is 0 Å². The molecule has 1 aromatic heterocycles. The lowest BCUT2D eigenvalue weighted by Gasteiger charge is -2.16. The fraction of sp³-hybridized carbons (Fsp3) is 0.348. The van der Waals surface area contributed by atoms with Gasteiger partial charge in [0.2, 0.25) is 11.8 Å². The van der Waals surface area contributed by atoms with Gasteiger partial charge < -0.3 is 9.73 Å². The lowest BCUT2D eigenvalue weighted by atomic mass is 10.1. The number of amides is 1. The van der Waals surface area contributed by atoms with Crippen LogP contribution in [-0.4, -0.2) is 36.0 Å². The first kappa shape index (κ1) is 22.5. The monoisotopic (exact) mass is 471 g/mol. The van der Waals surface area contributed by atoms with Crippen molar-refractivity contribution in [3.8, 4) is 0 Å². The van der Waals surface area contributed by atoms with Crippen molar-refractivity contribution in [2.45, 2.75) is 37.2 Å². The van der Waals surface area contributed by atoms with E-state index >= 15 is 0 Å². The number of benzene rings is 2. The Morgan fingerprint density at radius 2 is 1.88 bits per heavy atom. The van der Waals surface area contributed by atoms with Gasteiger partial charge in [0.1, 0.15) is 5.25 Å². The molecule has 0 unspecified atom stereocenters. The number of anilines is 1. The number of nitrogens with one attached hydrogen (secondary N) is 1. The van der Waals surface area contributed by atoms with Crippen LogP contribution in [0.4, 0.5) is 5.69 Å². The van der Waals surface area contributed by atoms with Gasteiger partial charge in [0.25, 0.3) is 5.22 Å². The fourth-order valence-electron chi connectivity index (χ4n) is 3.90. The normalized spacial score (nSPS) is 18.4. The van der Waals surface area contributed by atoms with Crippen LogP contribution in [0.3, 0.4) is 0 Å². The highest BCUT2D eigenvalue weighted by atomic mass is 32.2. The topological polar surface area (TPSA) is 102 Å². The molecule has 0 radical (unpaired) electrons. The predicted octanol–water partition coefficient (Wildman–Crippen LogP) is 4.14. The zero-order valence-electron chi connectivity index (χ0n) is 17.9. The molecule has 3 aromatic rings. The van der Waals surface area contributed by atoms with Crippen molar-refractivity contribution in [3.05, 3.63) is 71.1 Å². The van der Waals surface area contributed by atoms with E-state index in [1.807, 2.05) is 56.3 Å². The molecular weight excluding hydrogens is 446 g/mol. The Bertz CT molecular complexity index is 1190. The number of rotatable bonds is 7. The summed E-state index contributed by atoms with van der Waals surface area (Å²) in [4.78, 5) is 13.2. The van der Waals surface area contributed by atoms with Crippen LogP contribution in [0.25, 0.3) is 0 Å². The highest BCUT2D eigenvalue weighted by Gasteiger charge is 2.30. The van der Waals surface area contributed by atoms with Gasteiger partial charge in [-0.05, 0) is 66.8 Å². The van der Waals surface area contributed by atoms with Gasteiger partial charge in [-0.2, -0.15) is 0 Å². The van der Waals surface area contributed by atoms with Crippen molar-refractivity contribution in [2.75, 3.05) is 16.8 Å². The summed E-state index contributed by atoms with van der Waals surface area (Å²) in [5.41, 5.74) is 3.70. The maximum Gasteiger partial charge on any atom is 0.277 e. The third kappa shape index (κ3) is 5.77. The zero-order chi connectivity index (χ0) is 22.7. The van der Waals surface area contributed by atoms with Crippen LogP contribution < -0.4 is 5.32 Å². The van der Waals surface area contributed by atoms with Crippen molar-refractivity contribution >= 4 is 33.2 Å². The fourth-order valence-corrected chi connectivity index (χ4v) is 6.66. The summed E-state index contributed by atoms with van der Waals surface area (Å²) >= 11 is 1.19. The minimum absolute atomic E-state index is 0.00363. The van der Waals surface area contributed by atoms with E-state index in [9.17, 15) is 13.2 Å². The van der Waals surface area contributed by atoms with Gasteiger partial charge >= 0.3 is 0 Å². The average molecular weight is 472 g/mol. The first-order valence-corrected chi connectivity index (χ1v) is 13.1. The molecule has 1 saturated heterocycles. The van der Waals surface area contributed by atoms with E-state index in [2.05, 4.69) is 21.6 Å². The van der Waals surface area contributed by atoms with Crippen molar-refractivity contribution in [1.29, 1.82) is 0 Å². The molecular formula is C23H25N3O4S2. The molecule has 4 rings (SSSR count). The number of aryl methyl sites for hydroxylation is 2. The first-order valence-electron chi connectivity index (χ1n) is 10.4. The molecule has 2 atom stereocenters.